The maximum absolute atomic E-state index is 13.5. The zero-order valence-electron chi connectivity index (χ0n) is 18.4. The van der Waals surface area contributed by atoms with Gasteiger partial charge in [-0.25, -0.2) is 17.2 Å². The van der Waals surface area contributed by atoms with Crippen molar-refractivity contribution in [2.75, 3.05) is 11.5 Å². The minimum Gasteiger partial charge on any atom is -0.346 e. The Morgan fingerprint density at radius 2 is 1.62 bits per heavy atom. The molecule has 1 saturated heterocycles. The molecule has 2 heterocycles. The lowest BCUT2D eigenvalue weighted by Crippen LogP contribution is -2.46. The van der Waals surface area contributed by atoms with Crippen LogP contribution in [0.3, 0.4) is 0 Å². The van der Waals surface area contributed by atoms with E-state index in [1.54, 1.807) is 49.4 Å². The van der Waals surface area contributed by atoms with Crippen LogP contribution in [0.1, 0.15) is 23.7 Å². The molecule has 1 N–H and O–H groups in total. The fourth-order valence-corrected chi connectivity index (χ4v) is 6.59. The summed E-state index contributed by atoms with van der Waals surface area (Å²) in [6.07, 6.45) is 2.24. The summed E-state index contributed by atoms with van der Waals surface area (Å²) in [4.78, 5) is 13.1. The first-order chi connectivity index (χ1) is 16.1. The van der Waals surface area contributed by atoms with Gasteiger partial charge in [0, 0.05) is 28.4 Å². The van der Waals surface area contributed by atoms with Crippen molar-refractivity contribution in [1.82, 2.24) is 9.88 Å². The van der Waals surface area contributed by atoms with Crippen molar-refractivity contribution in [2.45, 2.75) is 18.9 Å². The first-order valence-corrected chi connectivity index (χ1v) is 12.6. The molecule has 0 radical (unpaired) electrons. The minimum atomic E-state index is -3.17. The Morgan fingerprint density at radius 3 is 2.24 bits per heavy atom. The van der Waals surface area contributed by atoms with E-state index in [2.05, 4.69) is 5.32 Å². The summed E-state index contributed by atoms with van der Waals surface area (Å²) in [5.74, 6) is -1.10. The molecule has 1 atom stereocenters. The van der Waals surface area contributed by atoms with Crippen LogP contribution in [0.25, 0.3) is 27.7 Å². The first kappa shape index (κ1) is 22.3. The highest BCUT2D eigenvalue weighted by Gasteiger charge is 2.39. The summed E-state index contributed by atoms with van der Waals surface area (Å²) in [7, 11) is -3.17. The molecule has 4 aromatic rings. The Hall–Kier alpha value is -3.52. The molecule has 0 spiro atoms. The van der Waals surface area contributed by atoms with E-state index in [0.29, 0.717) is 12.0 Å². The predicted molar refractivity (Wildman–Crippen MR) is 128 cm³/mol. The van der Waals surface area contributed by atoms with Crippen molar-refractivity contribution in [1.29, 1.82) is 0 Å². The molecule has 0 bridgehead atoms. The first-order valence-electron chi connectivity index (χ1n) is 10.8. The van der Waals surface area contributed by atoms with Gasteiger partial charge in [-0.1, -0.05) is 12.1 Å². The highest BCUT2D eigenvalue weighted by atomic mass is 32.2. The molecule has 5 nitrogen and oxygen atoms in total. The Morgan fingerprint density at radius 1 is 0.971 bits per heavy atom. The zero-order chi connectivity index (χ0) is 24.1. The van der Waals surface area contributed by atoms with Crippen LogP contribution >= 0.6 is 0 Å². The van der Waals surface area contributed by atoms with Crippen molar-refractivity contribution in [3.05, 3.63) is 90.1 Å². The van der Waals surface area contributed by atoms with Gasteiger partial charge in [0.15, 0.2) is 9.84 Å². The number of fused-ring (bicyclic) bond motifs is 1. The van der Waals surface area contributed by atoms with E-state index < -0.39 is 15.4 Å². The van der Waals surface area contributed by atoms with Gasteiger partial charge < -0.3 is 9.88 Å². The largest absolute Gasteiger partial charge is 0.346 e. The van der Waals surface area contributed by atoms with E-state index in [4.69, 9.17) is 0 Å². The summed E-state index contributed by atoms with van der Waals surface area (Å²) < 4.78 is 52.8. The second-order valence-electron chi connectivity index (χ2n) is 8.98. The fraction of sp³-hybridized carbons (Fsp3) is 0.192. The maximum Gasteiger partial charge on any atom is 0.251 e. The van der Waals surface area contributed by atoms with Crippen molar-refractivity contribution in [3.8, 4) is 16.8 Å². The Bertz CT molecular complexity index is 1510. The summed E-state index contributed by atoms with van der Waals surface area (Å²) in [6.45, 7) is 1.74. The molecule has 5 rings (SSSR count). The lowest BCUT2D eigenvalue weighted by Gasteiger charge is -2.24. The second-order valence-corrected chi connectivity index (χ2v) is 11.2. The van der Waals surface area contributed by atoms with Gasteiger partial charge in [0.25, 0.3) is 5.91 Å². The number of carbonyl (C=O) groups excluding carboxylic acids is 1. The van der Waals surface area contributed by atoms with E-state index in [1.807, 2.05) is 10.8 Å². The lowest BCUT2D eigenvalue weighted by molar-refractivity contribution is 0.0915. The summed E-state index contributed by atoms with van der Waals surface area (Å²) in [6, 6.07) is 17.4. The third kappa shape index (κ3) is 4.21. The van der Waals surface area contributed by atoms with Gasteiger partial charge in [-0.05, 0) is 73.5 Å². The van der Waals surface area contributed by atoms with Crippen LogP contribution in [0.4, 0.5) is 8.78 Å². The second kappa shape index (κ2) is 8.06. The quantitative estimate of drug-likeness (QED) is 0.453. The third-order valence-corrected chi connectivity index (χ3v) is 8.15. The lowest BCUT2D eigenvalue weighted by atomic mass is 10.00. The van der Waals surface area contributed by atoms with E-state index >= 15 is 0 Å². The van der Waals surface area contributed by atoms with Gasteiger partial charge in [0.05, 0.1) is 22.6 Å². The normalized spacial score (nSPS) is 19.4. The average Bonchev–Trinajstić information content (AvgIpc) is 3.31. The zero-order valence-corrected chi connectivity index (χ0v) is 19.2. The summed E-state index contributed by atoms with van der Waals surface area (Å²) in [5, 5.41) is 3.64. The van der Waals surface area contributed by atoms with Crippen molar-refractivity contribution < 1.29 is 22.0 Å². The molecule has 1 aliphatic rings. The number of hydrogen-bond donors (Lipinski definition) is 1. The highest BCUT2D eigenvalue weighted by Crippen LogP contribution is 2.34. The van der Waals surface area contributed by atoms with Gasteiger partial charge in [0.2, 0.25) is 0 Å². The number of benzene rings is 3. The average molecular weight is 481 g/mol. The molecule has 0 saturated carbocycles. The van der Waals surface area contributed by atoms with E-state index in [-0.39, 0.29) is 29.0 Å². The maximum atomic E-state index is 13.5. The summed E-state index contributed by atoms with van der Waals surface area (Å²) in [5.41, 5.74) is 2.64. The molecule has 3 aromatic carbocycles. The van der Waals surface area contributed by atoms with Crippen LogP contribution in [-0.2, 0) is 9.84 Å². The number of rotatable bonds is 4. The number of halogens is 2. The molecular weight excluding hydrogens is 458 g/mol. The Labute approximate surface area is 195 Å². The molecule has 0 unspecified atom stereocenters. The van der Waals surface area contributed by atoms with Crippen LogP contribution in [0, 0.1) is 11.6 Å². The van der Waals surface area contributed by atoms with Crippen LogP contribution in [-0.4, -0.2) is 35.9 Å². The van der Waals surface area contributed by atoms with Crippen molar-refractivity contribution >= 4 is 26.6 Å². The number of nitrogens with zero attached hydrogens (tertiary/aromatic N) is 1. The highest BCUT2D eigenvalue weighted by molar-refractivity contribution is 7.91. The van der Waals surface area contributed by atoms with E-state index in [0.717, 1.165) is 27.7 Å². The van der Waals surface area contributed by atoms with E-state index in [1.165, 1.54) is 24.3 Å². The fourth-order valence-electron chi connectivity index (χ4n) is 4.50. The van der Waals surface area contributed by atoms with Crippen LogP contribution in [0.2, 0.25) is 0 Å². The third-order valence-electron chi connectivity index (χ3n) is 6.25. The number of amides is 1. The van der Waals surface area contributed by atoms with Crippen molar-refractivity contribution in [3.63, 3.8) is 0 Å². The Balaban J connectivity index is 1.60. The summed E-state index contributed by atoms with van der Waals surface area (Å²) >= 11 is 0. The molecule has 1 amide bonds. The number of hydrogen-bond acceptors (Lipinski definition) is 3. The molecule has 34 heavy (non-hydrogen) atoms. The molecular formula is C26H22F2N2O3S. The smallest absolute Gasteiger partial charge is 0.251 e. The van der Waals surface area contributed by atoms with Crippen molar-refractivity contribution in [2.24, 2.45) is 0 Å². The molecule has 174 valence electrons. The molecule has 1 aromatic heterocycles. The number of nitrogens with one attached hydrogen (secondary N) is 1. The van der Waals surface area contributed by atoms with Gasteiger partial charge in [-0.3, -0.25) is 4.79 Å². The molecule has 1 fully saturated rings. The van der Waals surface area contributed by atoms with Gasteiger partial charge in [-0.15, -0.1) is 0 Å². The van der Waals surface area contributed by atoms with Crippen LogP contribution in [0.15, 0.2) is 72.9 Å². The number of aromatic nitrogens is 1. The van der Waals surface area contributed by atoms with Crippen LogP contribution in [0.5, 0.6) is 0 Å². The topological polar surface area (TPSA) is 68.2 Å². The van der Waals surface area contributed by atoms with Gasteiger partial charge in [0.1, 0.15) is 11.6 Å². The van der Waals surface area contributed by atoms with Crippen LogP contribution < -0.4 is 5.32 Å². The molecule has 1 aliphatic heterocycles. The Kier molecular flexibility index (Phi) is 5.28. The van der Waals surface area contributed by atoms with Gasteiger partial charge >= 0.3 is 0 Å². The number of sulfone groups is 1. The van der Waals surface area contributed by atoms with Gasteiger partial charge in [-0.2, -0.15) is 0 Å². The molecule has 8 heteroatoms. The monoisotopic (exact) mass is 480 g/mol. The number of carbonyl (C=O) groups is 1. The standard InChI is InChI=1S/C26H22F2N2O3S/c1-26(12-13-34(32,33)16-26)29-25(31)18-4-11-24-22(14-18)23(17-2-5-19(27)6-3-17)15-30(24)21-9-7-20(28)8-10-21/h2-11,14-15H,12-13,16H2,1H3,(H,29,31)/t26-/m0/s1. The minimum absolute atomic E-state index is 0.0536. The SMILES string of the molecule is C[C@]1(NC(=O)c2ccc3c(c2)c(-c2ccc(F)cc2)cn3-c2ccc(F)cc2)CCS(=O)(=O)C1. The molecule has 0 aliphatic carbocycles. The van der Waals surface area contributed by atoms with E-state index in [9.17, 15) is 22.0 Å². The predicted octanol–water partition coefficient (Wildman–Crippen LogP) is 4.88.